The summed E-state index contributed by atoms with van der Waals surface area (Å²) in [6, 6.07) is 1.13. The molecule has 1 N–H and O–H groups in total. The predicted octanol–water partition coefficient (Wildman–Crippen LogP) is 2.80. The molecule has 18 heavy (non-hydrogen) atoms. The number of carbonyl (C=O) groups is 1. The Kier molecular flexibility index (Phi) is 6.69. The molecule has 1 rings (SSSR count). The monoisotopic (exact) mass is 254 g/mol. The molecule has 1 saturated carbocycles. The molecular formula is C15H30N2O. The third-order valence-corrected chi connectivity index (χ3v) is 4.23. The van der Waals surface area contributed by atoms with Crippen molar-refractivity contribution in [2.45, 2.75) is 71.4 Å². The smallest absolute Gasteiger partial charge is 0.225 e. The molecule has 0 aromatic rings. The van der Waals surface area contributed by atoms with Gasteiger partial charge in [0.25, 0.3) is 0 Å². The normalized spacial score (nSPS) is 25.8. The van der Waals surface area contributed by atoms with Crippen molar-refractivity contribution >= 4 is 5.91 Å². The lowest BCUT2D eigenvalue weighted by Gasteiger charge is -2.36. The number of nitrogens with one attached hydrogen (secondary N) is 1. The van der Waals surface area contributed by atoms with E-state index in [9.17, 15) is 4.79 Å². The fourth-order valence-corrected chi connectivity index (χ4v) is 3.04. The van der Waals surface area contributed by atoms with Crippen LogP contribution in [0.3, 0.4) is 0 Å². The maximum absolute atomic E-state index is 12.2. The van der Waals surface area contributed by atoms with Crippen molar-refractivity contribution in [1.29, 1.82) is 0 Å². The van der Waals surface area contributed by atoms with E-state index in [1.54, 1.807) is 0 Å². The van der Waals surface area contributed by atoms with Crippen molar-refractivity contribution in [2.75, 3.05) is 13.6 Å². The fraction of sp³-hybridized carbons (Fsp3) is 0.933. The van der Waals surface area contributed by atoms with Gasteiger partial charge in [-0.25, -0.2) is 0 Å². The number of carbonyl (C=O) groups excluding carboxylic acids is 1. The molecule has 0 aliphatic heterocycles. The first-order chi connectivity index (χ1) is 8.60. The quantitative estimate of drug-likeness (QED) is 0.790. The Hall–Kier alpha value is -0.570. The van der Waals surface area contributed by atoms with Crippen molar-refractivity contribution < 1.29 is 4.79 Å². The van der Waals surface area contributed by atoms with Crippen LogP contribution < -0.4 is 5.32 Å². The summed E-state index contributed by atoms with van der Waals surface area (Å²) in [7, 11) is 1.99. The van der Waals surface area contributed by atoms with Crippen molar-refractivity contribution in [2.24, 2.45) is 5.92 Å². The highest BCUT2D eigenvalue weighted by molar-refractivity contribution is 5.78. The molecule has 3 heteroatoms. The van der Waals surface area contributed by atoms with E-state index in [1.165, 1.54) is 12.8 Å². The van der Waals surface area contributed by atoms with Crippen LogP contribution in [0.4, 0.5) is 0 Å². The highest BCUT2D eigenvalue weighted by Crippen LogP contribution is 2.24. The summed E-state index contributed by atoms with van der Waals surface area (Å²) >= 11 is 0. The van der Waals surface area contributed by atoms with Crippen molar-refractivity contribution in [3.8, 4) is 0 Å². The molecule has 0 heterocycles. The van der Waals surface area contributed by atoms with E-state index in [0.717, 1.165) is 32.2 Å². The standard InChI is InChI=1S/C15H30N2O/c1-5-7-12(3)15(18)17(4)14-10-8-13(9-11-14)16-6-2/h12-14,16H,5-11H2,1-4H3. The molecule has 1 fully saturated rings. The lowest BCUT2D eigenvalue weighted by atomic mass is 9.89. The van der Waals surface area contributed by atoms with E-state index < -0.39 is 0 Å². The number of rotatable bonds is 6. The van der Waals surface area contributed by atoms with Gasteiger partial charge in [-0.3, -0.25) is 4.79 Å². The van der Waals surface area contributed by atoms with E-state index in [1.807, 2.05) is 11.9 Å². The Balaban J connectivity index is 2.39. The van der Waals surface area contributed by atoms with Crippen LogP contribution in [-0.4, -0.2) is 36.5 Å². The first kappa shape index (κ1) is 15.5. The van der Waals surface area contributed by atoms with E-state index >= 15 is 0 Å². The SMILES string of the molecule is CCCC(C)C(=O)N(C)C1CCC(NCC)CC1. The lowest BCUT2D eigenvalue weighted by Crippen LogP contribution is -2.44. The van der Waals surface area contributed by atoms with Crippen LogP contribution in [0.1, 0.15) is 59.3 Å². The number of hydrogen-bond acceptors (Lipinski definition) is 2. The minimum absolute atomic E-state index is 0.187. The molecule has 1 amide bonds. The Morgan fingerprint density at radius 2 is 1.89 bits per heavy atom. The zero-order valence-electron chi connectivity index (χ0n) is 12.5. The topological polar surface area (TPSA) is 32.3 Å². The first-order valence-corrected chi connectivity index (χ1v) is 7.60. The second kappa shape index (κ2) is 7.78. The van der Waals surface area contributed by atoms with E-state index in [-0.39, 0.29) is 5.92 Å². The molecule has 0 spiro atoms. The van der Waals surface area contributed by atoms with Crippen molar-refractivity contribution in [3.05, 3.63) is 0 Å². The lowest BCUT2D eigenvalue weighted by molar-refractivity contribution is -0.136. The van der Waals surface area contributed by atoms with Gasteiger partial charge in [0, 0.05) is 25.0 Å². The third kappa shape index (κ3) is 4.27. The molecule has 3 nitrogen and oxygen atoms in total. The second-order valence-corrected chi connectivity index (χ2v) is 5.70. The Morgan fingerprint density at radius 3 is 2.39 bits per heavy atom. The number of amides is 1. The maximum atomic E-state index is 12.2. The largest absolute Gasteiger partial charge is 0.343 e. The highest BCUT2D eigenvalue weighted by atomic mass is 16.2. The van der Waals surface area contributed by atoms with E-state index in [0.29, 0.717) is 18.0 Å². The molecule has 0 radical (unpaired) electrons. The van der Waals surface area contributed by atoms with Crippen LogP contribution in [0.15, 0.2) is 0 Å². The fourth-order valence-electron chi connectivity index (χ4n) is 3.04. The maximum Gasteiger partial charge on any atom is 0.225 e. The van der Waals surface area contributed by atoms with E-state index in [2.05, 4.69) is 26.1 Å². The molecule has 1 unspecified atom stereocenters. The summed E-state index contributed by atoms with van der Waals surface area (Å²) < 4.78 is 0. The first-order valence-electron chi connectivity index (χ1n) is 7.60. The Morgan fingerprint density at radius 1 is 1.28 bits per heavy atom. The van der Waals surface area contributed by atoms with Gasteiger partial charge >= 0.3 is 0 Å². The van der Waals surface area contributed by atoms with Gasteiger partial charge in [-0.05, 0) is 38.6 Å². The summed E-state index contributed by atoms with van der Waals surface area (Å²) in [5.74, 6) is 0.523. The average Bonchev–Trinajstić information content (AvgIpc) is 2.38. The third-order valence-electron chi connectivity index (χ3n) is 4.23. The summed E-state index contributed by atoms with van der Waals surface area (Å²) in [4.78, 5) is 14.3. The van der Waals surface area contributed by atoms with Crippen LogP contribution >= 0.6 is 0 Å². The summed E-state index contributed by atoms with van der Waals surface area (Å²) in [5, 5.41) is 3.51. The Bertz CT molecular complexity index is 247. The van der Waals surface area contributed by atoms with Gasteiger partial charge in [0.1, 0.15) is 0 Å². The molecule has 0 aromatic heterocycles. The van der Waals surface area contributed by atoms with Crippen molar-refractivity contribution in [3.63, 3.8) is 0 Å². The van der Waals surface area contributed by atoms with Gasteiger partial charge in [-0.2, -0.15) is 0 Å². The van der Waals surface area contributed by atoms with Crippen LogP contribution in [0.2, 0.25) is 0 Å². The molecule has 106 valence electrons. The van der Waals surface area contributed by atoms with Gasteiger partial charge in [-0.15, -0.1) is 0 Å². The number of hydrogen-bond donors (Lipinski definition) is 1. The molecule has 1 atom stereocenters. The van der Waals surface area contributed by atoms with Crippen LogP contribution in [0.25, 0.3) is 0 Å². The molecule has 0 bridgehead atoms. The zero-order chi connectivity index (χ0) is 13.5. The Labute approximate surface area is 112 Å². The summed E-state index contributed by atoms with van der Waals surface area (Å²) in [5.41, 5.74) is 0. The van der Waals surface area contributed by atoms with Gasteiger partial charge in [0.15, 0.2) is 0 Å². The molecule has 1 aliphatic rings. The van der Waals surface area contributed by atoms with Gasteiger partial charge in [0.05, 0.1) is 0 Å². The van der Waals surface area contributed by atoms with Gasteiger partial charge in [-0.1, -0.05) is 27.2 Å². The molecule has 1 aliphatic carbocycles. The molecule has 0 saturated heterocycles. The van der Waals surface area contributed by atoms with Crippen LogP contribution in [0, 0.1) is 5.92 Å². The van der Waals surface area contributed by atoms with Crippen LogP contribution in [-0.2, 0) is 4.79 Å². The second-order valence-electron chi connectivity index (χ2n) is 5.70. The van der Waals surface area contributed by atoms with Gasteiger partial charge < -0.3 is 10.2 Å². The average molecular weight is 254 g/mol. The predicted molar refractivity (Wildman–Crippen MR) is 76.6 cm³/mol. The van der Waals surface area contributed by atoms with Crippen molar-refractivity contribution in [1.82, 2.24) is 10.2 Å². The molecular weight excluding hydrogens is 224 g/mol. The highest BCUT2D eigenvalue weighted by Gasteiger charge is 2.27. The summed E-state index contributed by atoms with van der Waals surface area (Å²) in [6.45, 7) is 7.42. The minimum atomic E-state index is 0.187. The number of nitrogens with zero attached hydrogens (tertiary/aromatic N) is 1. The van der Waals surface area contributed by atoms with E-state index in [4.69, 9.17) is 0 Å². The zero-order valence-corrected chi connectivity index (χ0v) is 12.5. The summed E-state index contributed by atoms with van der Waals surface area (Å²) in [6.07, 6.45) is 6.82. The van der Waals surface area contributed by atoms with Crippen LogP contribution in [0.5, 0.6) is 0 Å². The molecule has 0 aromatic carbocycles. The minimum Gasteiger partial charge on any atom is -0.343 e. The van der Waals surface area contributed by atoms with Gasteiger partial charge in [0.2, 0.25) is 5.91 Å².